The molecule has 24 heavy (non-hydrogen) atoms. The first-order chi connectivity index (χ1) is 11.7. The van der Waals surface area contributed by atoms with Gasteiger partial charge in [-0.05, 0) is 37.0 Å². The van der Waals surface area contributed by atoms with Crippen LogP contribution in [0.3, 0.4) is 0 Å². The highest BCUT2D eigenvalue weighted by molar-refractivity contribution is 5.44. The highest BCUT2D eigenvalue weighted by atomic mass is 16.7. The number of H-pyrrole nitrogens is 1. The van der Waals surface area contributed by atoms with Crippen molar-refractivity contribution in [3.8, 4) is 11.5 Å². The van der Waals surface area contributed by atoms with Gasteiger partial charge in [0.1, 0.15) is 0 Å². The van der Waals surface area contributed by atoms with Crippen molar-refractivity contribution in [3.63, 3.8) is 0 Å². The molecule has 1 aromatic heterocycles. The second kappa shape index (κ2) is 7.68. The first-order valence-corrected chi connectivity index (χ1v) is 8.36. The van der Waals surface area contributed by atoms with Crippen molar-refractivity contribution < 1.29 is 14.6 Å². The van der Waals surface area contributed by atoms with Crippen molar-refractivity contribution in [1.29, 1.82) is 0 Å². The SMILES string of the molecule is Cc1[nH]cnc1CN(CCO)CC(C)Cc1ccc2c(c1)OCO2. The van der Waals surface area contributed by atoms with Gasteiger partial charge in [-0.15, -0.1) is 0 Å². The summed E-state index contributed by atoms with van der Waals surface area (Å²) in [5.41, 5.74) is 3.37. The number of imidazole rings is 1. The standard InChI is InChI=1S/C18H25N3O3/c1-13(7-15-3-4-17-18(8-15)24-12-23-17)9-21(5-6-22)10-16-14(2)19-11-20-16/h3-4,8,11,13,22H,5-7,9-10,12H2,1-2H3,(H,19,20). The molecule has 0 fully saturated rings. The normalized spacial score (nSPS) is 14.3. The van der Waals surface area contributed by atoms with E-state index in [2.05, 4.69) is 33.9 Å². The fourth-order valence-electron chi connectivity index (χ4n) is 3.11. The Labute approximate surface area is 142 Å². The van der Waals surface area contributed by atoms with E-state index in [1.807, 2.05) is 13.0 Å². The third-order valence-corrected chi connectivity index (χ3v) is 4.31. The van der Waals surface area contributed by atoms with E-state index >= 15 is 0 Å². The molecule has 1 aliphatic rings. The fraction of sp³-hybridized carbons (Fsp3) is 0.500. The number of aliphatic hydroxyl groups excluding tert-OH is 1. The molecule has 6 nitrogen and oxygen atoms in total. The molecule has 0 saturated carbocycles. The Hall–Kier alpha value is -2.05. The number of nitrogens with one attached hydrogen (secondary N) is 1. The van der Waals surface area contributed by atoms with Crippen molar-refractivity contribution in [2.45, 2.75) is 26.8 Å². The van der Waals surface area contributed by atoms with Crippen molar-refractivity contribution in [2.24, 2.45) is 5.92 Å². The lowest BCUT2D eigenvalue weighted by molar-refractivity contribution is 0.170. The van der Waals surface area contributed by atoms with Crippen LogP contribution in [0.5, 0.6) is 11.5 Å². The van der Waals surface area contributed by atoms with Gasteiger partial charge in [-0.1, -0.05) is 13.0 Å². The maximum Gasteiger partial charge on any atom is 0.231 e. The van der Waals surface area contributed by atoms with Crippen LogP contribution in [0.15, 0.2) is 24.5 Å². The van der Waals surface area contributed by atoms with Gasteiger partial charge in [0.05, 0.1) is 18.6 Å². The number of aryl methyl sites for hydroxylation is 1. The lowest BCUT2D eigenvalue weighted by Gasteiger charge is -2.24. The molecule has 0 saturated heterocycles. The van der Waals surface area contributed by atoms with Crippen LogP contribution in [-0.2, 0) is 13.0 Å². The molecule has 2 heterocycles. The van der Waals surface area contributed by atoms with Crippen molar-refractivity contribution in [2.75, 3.05) is 26.5 Å². The average Bonchev–Trinajstić information content (AvgIpc) is 3.16. The van der Waals surface area contributed by atoms with Crippen molar-refractivity contribution in [1.82, 2.24) is 14.9 Å². The van der Waals surface area contributed by atoms with Gasteiger partial charge in [-0.2, -0.15) is 0 Å². The summed E-state index contributed by atoms with van der Waals surface area (Å²) < 4.78 is 10.8. The molecule has 3 rings (SSSR count). The van der Waals surface area contributed by atoms with E-state index in [1.165, 1.54) is 5.56 Å². The van der Waals surface area contributed by atoms with Crippen molar-refractivity contribution >= 4 is 0 Å². The van der Waals surface area contributed by atoms with Gasteiger partial charge in [-0.25, -0.2) is 4.98 Å². The Kier molecular flexibility index (Phi) is 5.37. The highest BCUT2D eigenvalue weighted by Crippen LogP contribution is 2.33. The average molecular weight is 331 g/mol. The Balaban J connectivity index is 1.58. The third kappa shape index (κ3) is 4.07. The number of hydrogen-bond acceptors (Lipinski definition) is 5. The maximum atomic E-state index is 9.34. The molecule has 6 heteroatoms. The topological polar surface area (TPSA) is 70.6 Å². The van der Waals surface area contributed by atoms with Gasteiger partial charge in [-0.3, -0.25) is 4.90 Å². The Bertz CT molecular complexity index is 671. The number of nitrogens with zero attached hydrogens (tertiary/aromatic N) is 2. The summed E-state index contributed by atoms with van der Waals surface area (Å²) >= 11 is 0. The van der Waals surface area contributed by atoms with Gasteiger partial charge in [0.2, 0.25) is 6.79 Å². The number of benzene rings is 1. The molecule has 0 spiro atoms. The molecule has 0 amide bonds. The van der Waals surface area contributed by atoms with Crippen LogP contribution >= 0.6 is 0 Å². The zero-order chi connectivity index (χ0) is 16.9. The first-order valence-electron chi connectivity index (χ1n) is 8.36. The van der Waals surface area contributed by atoms with Gasteiger partial charge in [0.25, 0.3) is 0 Å². The van der Waals surface area contributed by atoms with Crippen LogP contribution in [0.4, 0.5) is 0 Å². The summed E-state index contributed by atoms with van der Waals surface area (Å²) in [4.78, 5) is 9.72. The predicted molar refractivity (Wildman–Crippen MR) is 91.1 cm³/mol. The zero-order valence-electron chi connectivity index (χ0n) is 14.3. The number of aliphatic hydroxyl groups is 1. The molecule has 130 valence electrons. The van der Waals surface area contributed by atoms with Crippen LogP contribution in [0.2, 0.25) is 0 Å². The summed E-state index contributed by atoms with van der Waals surface area (Å²) in [5, 5.41) is 9.34. The summed E-state index contributed by atoms with van der Waals surface area (Å²) in [5.74, 6) is 2.11. The van der Waals surface area contributed by atoms with E-state index in [0.29, 0.717) is 19.3 Å². The van der Waals surface area contributed by atoms with E-state index < -0.39 is 0 Å². The van der Waals surface area contributed by atoms with Crippen LogP contribution in [0.25, 0.3) is 0 Å². The van der Waals surface area contributed by atoms with Gasteiger partial charge in [0.15, 0.2) is 11.5 Å². The molecule has 2 aromatic rings. The Morgan fingerprint density at radius 3 is 2.92 bits per heavy atom. The van der Waals surface area contributed by atoms with E-state index in [-0.39, 0.29) is 6.61 Å². The predicted octanol–water partition coefficient (Wildman–Crippen LogP) is 2.12. The molecule has 1 atom stereocenters. The van der Waals surface area contributed by atoms with Crippen LogP contribution < -0.4 is 9.47 Å². The van der Waals surface area contributed by atoms with E-state index in [0.717, 1.165) is 42.4 Å². The molecule has 0 aliphatic carbocycles. The summed E-state index contributed by atoms with van der Waals surface area (Å²) in [6.45, 7) is 7.02. The molecule has 2 N–H and O–H groups in total. The smallest absolute Gasteiger partial charge is 0.231 e. The van der Waals surface area contributed by atoms with Crippen LogP contribution in [-0.4, -0.2) is 46.5 Å². The summed E-state index contributed by atoms with van der Waals surface area (Å²) in [6.07, 6.45) is 2.68. The van der Waals surface area contributed by atoms with Gasteiger partial charge < -0.3 is 19.6 Å². The van der Waals surface area contributed by atoms with Crippen molar-refractivity contribution in [3.05, 3.63) is 41.5 Å². The number of ether oxygens (including phenoxy) is 2. The van der Waals surface area contributed by atoms with E-state index in [1.54, 1.807) is 6.33 Å². The van der Waals surface area contributed by atoms with Crippen LogP contribution in [0.1, 0.15) is 23.9 Å². The molecule has 0 radical (unpaired) electrons. The number of aromatic amines is 1. The minimum Gasteiger partial charge on any atom is -0.454 e. The maximum absolute atomic E-state index is 9.34. The molecule has 0 bridgehead atoms. The molecular weight excluding hydrogens is 306 g/mol. The first kappa shape index (κ1) is 16.8. The zero-order valence-corrected chi connectivity index (χ0v) is 14.3. The van der Waals surface area contributed by atoms with E-state index in [4.69, 9.17) is 9.47 Å². The largest absolute Gasteiger partial charge is 0.454 e. The fourth-order valence-corrected chi connectivity index (χ4v) is 3.11. The second-order valence-electron chi connectivity index (χ2n) is 6.43. The molecular formula is C18H25N3O3. The van der Waals surface area contributed by atoms with Gasteiger partial charge in [0, 0.05) is 25.3 Å². The number of aromatic nitrogens is 2. The van der Waals surface area contributed by atoms with Crippen LogP contribution in [0, 0.1) is 12.8 Å². The minimum atomic E-state index is 0.153. The summed E-state index contributed by atoms with van der Waals surface area (Å²) in [7, 11) is 0. The van der Waals surface area contributed by atoms with Gasteiger partial charge >= 0.3 is 0 Å². The molecule has 1 unspecified atom stereocenters. The Morgan fingerprint density at radius 1 is 1.33 bits per heavy atom. The Morgan fingerprint density at radius 2 is 2.17 bits per heavy atom. The lowest BCUT2D eigenvalue weighted by Crippen LogP contribution is -2.32. The third-order valence-electron chi connectivity index (χ3n) is 4.31. The number of fused-ring (bicyclic) bond motifs is 1. The monoisotopic (exact) mass is 331 g/mol. The second-order valence-corrected chi connectivity index (χ2v) is 6.43. The van der Waals surface area contributed by atoms with E-state index in [9.17, 15) is 5.11 Å². The molecule has 1 aliphatic heterocycles. The quantitative estimate of drug-likeness (QED) is 0.775. The highest BCUT2D eigenvalue weighted by Gasteiger charge is 2.16. The molecule has 1 aromatic carbocycles. The lowest BCUT2D eigenvalue weighted by atomic mass is 10.00. The number of rotatable bonds is 8. The number of hydrogen-bond donors (Lipinski definition) is 2. The summed E-state index contributed by atoms with van der Waals surface area (Å²) in [6, 6.07) is 6.13. The minimum absolute atomic E-state index is 0.153.